The molecule has 2 saturated heterocycles. The number of carbonyl (C=O) groups is 2. The summed E-state index contributed by atoms with van der Waals surface area (Å²) in [7, 11) is 0. The minimum absolute atomic E-state index is 0.0894. The van der Waals surface area contributed by atoms with E-state index in [-0.39, 0.29) is 34.6 Å². The van der Waals surface area contributed by atoms with Crippen LogP contribution in [-0.4, -0.2) is 63.7 Å². The van der Waals surface area contributed by atoms with E-state index in [4.69, 9.17) is 21.1 Å². The van der Waals surface area contributed by atoms with Crippen LogP contribution in [0.1, 0.15) is 47.8 Å². The lowest BCUT2D eigenvalue weighted by atomic mass is 10.1. The van der Waals surface area contributed by atoms with Crippen molar-refractivity contribution in [1.29, 1.82) is 0 Å². The van der Waals surface area contributed by atoms with E-state index in [1.165, 1.54) is 12.1 Å². The highest BCUT2D eigenvalue weighted by molar-refractivity contribution is 6.36. The maximum atomic E-state index is 13.2. The number of benzene rings is 1. The van der Waals surface area contributed by atoms with Crippen LogP contribution in [0.15, 0.2) is 43.1 Å². The Kier molecular flexibility index (Phi) is 7.99. The molecule has 0 radical (unpaired) electrons. The van der Waals surface area contributed by atoms with Gasteiger partial charge in [0.1, 0.15) is 22.6 Å². The Morgan fingerprint density at radius 3 is 2.77 bits per heavy atom. The Labute approximate surface area is 232 Å². The van der Waals surface area contributed by atoms with Crippen molar-refractivity contribution in [1.82, 2.24) is 19.4 Å². The lowest BCUT2D eigenvalue weighted by Crippen LogP contribution is -2.34. The first-order valence-corrected chi connectivity index (χ1v) is 13.2. The maximum absolute atomic E-state index is 13.2. The third kappa shape index (κ3) is 5.78. The number of nitrogens with zero attached hydrogens (tertiary/aromatic N) is 4. The van der Waals surface area contributed by atoms with E-state index in [0.29, 0.717) is 62.0 Å². The van der Waals surface area contributed by atoms with Crippen molar-refractivity contribution in [3.8, 4) is 5.75 Å². The molecule has 212 valence electrons. The van der Waals surface area contributed by atoms with Gasteiger partial charge < -0.3 is 18.9 Å². The van der Waals surface area contributed by atoms with E-state index in [0.717, 1.165) is 19.0 Å². The molecule has 40 heavy (non-hydrogen) atoms. The number of aromatic nitrogens is 3. The van der Waals surface area contributed by atoms with E-state index in [1.54, 1.807) is 21.6 Å². The average molecular weight is 578 g/mol. The molecule has 0 bridgehead atoms. The zero-order valence-electron chi connectivity index (χ0n) is 21.4. The monoisotopic (exact) mass is 577 g/mol. The number of imidazole rings is 1. The fraction of sp³-hybridized carbons (Fsp3) is 0.407. The summed E-state index contributed by atoms with van der Waals surface area (Å²) < 4.78 is 52.9. The lowest BCUT2D eigenvalue weighted by molar-refractivity contribution is -0.141. The van der Waals surface area contributed by atoms with Gasteiger partial charge in [0, 0.05) is 31.3 Å². The van der Waals surface area contributed by atoms with Crippen LogP contribution < -0.4 is 10.1 Å². The molecule has 13 heteroatoms. The van der Waals surface area contributed by atoms with Gasteiger partial charge in [0.15, 0.2) is 0 Å². The van der Waals surface area contributed by atoms with Gasteiger partial charge in [0.05, 0.1) is 30.3 Å². The largest absolute Gasteiger partial charge is 0.486 e. The predicted octanol–water partition coefficient (Wildman–Crippen LogP) is 5.26. The number of amides is 2. The molecule has 0 spiro atoms. The molecule has 2 atom stereocenters. The summed E-state index contributed by atoms with van der Waals surface area (Å²) in [5.74, 6) is -0.519. The van der Waals surface area contributed by atoms with Crippen LogP contribution in [0.3, 0.4) is 0 Å². The lowest BCUT2D eigenvalue weighted by Gasteiger charge is -2.26. The molecule has 9 nitrogen and oxygen atoms in total. The summed E-state index contributed by atoms with van der Waals surface area (Å²) in [6, 6.07) is 4.91. The minimum Gasteiger partial charge on any atom is -0.486 e. The Morgan fingerprint density at radius 2 is 2.05 bits per heavy atom. The summed E-state index contributed by atoms with van der Waals surface area (Å²) in [6.07, 6.45) is 0.205. The molecule has 2 fully saturated rings. The van der Waals surface area contributed by atoms with Crippen LogP contribution >= 0.6 is 11.6 Å². The first-order valence-electron chi connectivity index (χ1n) is 12.9. The number of fused-ring (bicyclic) bond motifs is 1. The number of rotatable bonds is 6. The van der Waals surface area contributed by atoms with E-state index >= 15 is 0 Å². The van der Waals surface area contributed by atoms with Gasteiger partial charge in [0.2, 0.25) is 11.9 Å². The molecular weight excluding hydrogens is 551 g/mol. The van der Waals surface area contributed by atoms with E-state index in [2.05, 4.69) is 21.9 Å². The number of alkyl halides is 3. The van der Waals surface area contributed by atoms with Gasteiger partial charge in [-0.1, -0.05) is 18.2 Å². The first kappa shape index (κ1) is 27.9. The highest BCUT2D eigenvalue weighted by Gasteiger charge is 2.33. The molecule has 2 aliphatic heterocycles. The molecule has 4 heterocycles. The van der Waals surface area contributed by atoms with Gasteiger partial charge in [-0.2, -0.15) is 13.2 Å². The highest BCUT2D eigenvalue weighted by Crippen LogP contribution is 2.39. The number of hydrogen-bond donors (Lipinski definition) is 1. The molecule has 5 rings (SSSR count). The van der Waals surface area contributed by atoms with Crippen molar-refractivity contribution in [2.75, 3.05) is 31.6 Å². The van der Waals surface area contributed by atoms with E-state index in [1.807, 2.05) is 0 Å². The number of pyridine rings is 1. The Hall–Kier alpha value is -3.64. The SMILES string of the molecule is C=CC(=O)N1CCCC[C@@H](n2c(NC(=O)c3ccnc(C(F)(F)F)c3)nc3ccc(O[C@H]4CCOC4)c(Cl)c32)C1. The molecule has 1 aromatic carbocycles. The summed E-state index contributed by atoms with van der Waals surface area (Å²) in [4.78, 5) is 35.3. The number of hydrogen-bond acceptors (Lipinski definition) is 6. The van der Waals surface area contributed by atoms with Crippen molar-refractivity contribution in [2.24, 2.45) is 0 Å². The number of anilines is 1. The molecule has 1 N–H and O–H groups in total. The summed E-state index contributed by atoms with van der Waals surface area (Å²) in [5.41, 5.74) is -0.484. The smallest absolute Gasteiger partial charge is 0.433 e. The normalized spacial score (nSPS) is 19.9. The Bertz CT molecular complexity index is 1440. The molecule has 2 aromatic heterocycles. The van der Waals surface area contributed by atoms with Gasteiger partial charge in [-0.05, 0) is 49.6 Å². The molecule has 0 unspecified atom stereocenters. The van der Waals surface area contributed by atoms with Gasteiger partial charge in [0.25, 0.3) is 5.91 Å². The molecule has 0 aliphatic carbocycles. The second-order valence-electron chi connectivity index (χ2n) is 9.67. The van der Waals surface area contributed by atoms with Crippen LogP contribution in [0, 0.1) is 0 Å². The average Bonchev–Trinajstić information content (AvgIpc) is 3.50. The number of halogens is 4. The van der Waals surface area contributed by atoms with Crippen LogP contribution in [0.2, 0.25) is 5.02 Å². The molecule has 2 amide bonds. The number of carbonyl (C=O) groups excluding carboxylic acids is 2. The third-order valence-electron chi connectivity index (χ3n) is 6.97. The predicted molar refractivity (Wildman–Crippen MR) is 141 cm³/mol. The van der Waals surface area contributed by atoms with Crippen molar-refractivity contribution >= 4 is 40.4 Å². The number of likely N-dealkylation sites (tertiary alicyclic amines) is 1. The number of nitrogens with one attached hydrogen (secondary N) is 1. The van der Waals surface area contributed by atoms with Gasteiger partial charge >= 0.3 is 6.18 Å². The van der Waals surface area contributed by atoms with Crippen LogP contribution in [-0.2, 0) is 15.7 Å². The zero-order valence-corrected chi connectivity index (χ0v) is 22.2. The van der Waals surface area contributed by atoms with Gasteiger partial charge in [-0.3, -0.25) is 19.9 Å². The second kappa shape index (κ2) is 11.5. The standard InChI is InChI=1S/C27H27ClF3N5O4/c1-2-22(37)35-11-4-3-5-17(14-35)36-24-19(6-7-20(23(24)28)40-18-9-12-39-15-18)33-26(36)34-25(38)16-8-10-32-21(13-16)27(29,30)31/h2,6-8,10,13,17-18H,1,3-5,9,11-12,14-15H2,(H,33,34,38)/t17-,18+/m1/s1. The van der Waals surface area contributed by atoms with E-state index < -0.39 is 17.8 Å². The van der Waals surface area contributed by atoms with Crippen molar-refractivity contribution in [2.45, 2.75) is 44.0 Å². The summed E-state index contributed by atoms with van der Waals surface area (Å²) >= 11 is 6.88. The van der Waals surface area contributed by atoms with Crippen molar-refractivity contribution < 1.29 is 32.2 Å². The molecule has 0 saturated carbocycles. The molecular formula is C27H27ClF3N5O4. The summed E-state index contributed by atoms with van der Waals surface area (Å²) in [6.45, 7) is 5.44. The topological polar surface area (TPSA) is 98.6 Å². The van der Waals surface area contributed by atoms with Gasteiger partial charge in [-0.25, -0.2) is 4.98 Å². The molecule has 2 aliphatic rings. The van der Waals surface area contributed by atoms with Crippen LogP contribution in [0.4, 0.5) is 19.1 Å². The Morgan fingerprint density at radius 1 is 1.23 bits per heavy atom. The third-order valence-corrected chi connectivity index (χ3v) is 7.34. The van der Waals surface area contributed by atoms with Crippen molar-refractivity contribution in [3.05, 3.63) is 59.4 Å². The number of ether oxygens (including phenoxy) is 2. The summed E-state index contributed by atoms with van der Waals surface area (Å²) in [5, 5.41) is 2.94. The van der Waals surface area contributed by atoms with Crippen LogP contribution in [0.5, 0.6) is 5.75 Å². The first-order chi connectivity index (χ1) is 19.2. The van der Waals surface area contributed by atoms with Crippen molar-refractivity contribution in [3.63, 3.8) is 0 Å². The van der Waals surface area contributed by atoms with Gasteiger partial charge in [-0.15, -0.1) is 0 Å². The quantitative estimate of drug-likeness (QED) is 0.401. The fourth-order valence-electron chi connectivity index (χ4n) is 5.01. The molecule has 3 aromatic rings. The second-order valence-corrected chi connectivity index (χ2v) is 10.1. The highest BCUT2D eigenvalue weighted by atomic mass is 35.5. The minimum atomic E-state index is -4.71. The van der Waals surface area contributed by atoms with E-state index in [9.17, 15) is 22.8 Å². The van der Waals surface area contributed by atoms with Crippen LogP contribution in [0.25, 0.3) is 11.0 Å². The zero-order chi connectivity index (χ0) is 28.4. The maximum Gasteiger partial charge on any atom is 0.433 e. The Balaban J connectivity index is 1.57. The fourth-order valence-corrected chi connectivity index (χ4v) is 5.30.